The van der Waals surface area contributed by atoms with Gasteiger partial charge in [0.25, 0.3) is 0 Å². The van der Waals surface area contributed by atoms with Crippen molar-refractivity contribution in [2.75, 3.05) is 0 Å². The number of terminal acetylenes is 1. The first-order chi connectivity index (χ1) is 9.52. The van der Waals surface area contributed by atoms with Crippen LogP contribution in [0.4, 0.5) is 5.69 Å². The summed E-state index contributed by atoms with van der Waals surface area (Å²) in [6, 6.07) is 2.27. The maximum Gasteiger partial charge on any atom is 0.315 e. The van der Waals surface area contributed by atoms with Gasteiger partial charge in [0, 0.05) is 6.07 Å². The molecule has 2 rings (SSSR count). The number of aromatic hydroxyl groups is 2. The molecular weight excluding hydrogens is 282 g/mol. The summed E-state index contributed by atoms with van der Waals surface area (Å²) in [6.45, 7) is 0. The van der Waals surface area contributed by atoms with E-state index in [1.165, 1.54) is 18.5 Å². The van der Waals surface area contributed by atoms with Crippen molar-refractivity contribution in [3.63, 3.8) is 0 Å². The van der Waals surface area contributed by atoms with Crippen LogP contribution in [-0.4, -0.2) is 24.5 Å². The fraction of sp³-hybridized carbons (Fsp3) is 0. The number of phenolic OH excluding ortho intramolecular Hbond substituents is 2. The van der Waals surface area contributed by atoms with Gasteiger partial charge in [-0.2, -0.15) is 4.37 Å². The highest BCUT2D eigenvalue weighted by Gasteiger charge is 2.18. The van der Waals surface area contributed by atoms with Crippen LogP contribution in [0.2, 0.25) is 0 Å². The molecule has 2 aromatic rings. The standard InChI is InChI=1S/C12H7N3O4S/c1-2-8(12-13-6-14-20-12)3-7-4-9(15(18)19)11(17)10(16)5-7/h1,3-6,16-17H/b8-3+. The second-order valence-corrected chi connectivity index (χ2v) is 4.39. The Morgan fingerprint density at radius 2 is 2.25 bits per heavy atom. The zero-order valence-electron chi connectivity index (χ0n) is 9.85. The summed E-state index contributed by atoms with van der Waals surface area (Å²) < 4.78 is 3.81. The van der Waals surface area contributed by atoms with E-state index in [0.717, 1.165) is 17.6 Å². The number of phenols is 2. The normalized spacial score (nSPS) is 11.1. The van der Waals surface area contributed by atoms with Crippen molar-refractivity contribution in [1.29, 1.82) is 0 Å². The van der Waals surface area contributed by atoms with E-state index >= 15 is 0 Å². The predicted octanol–water partition coefficient (Wildman–Crippen LogP) is 2.03. The summed E-state index contributed by atoms with van der Waals surface area (Å²) in [5.74, 6) is 1.01. The first kappa shape index (κ1) is 13.5. The van der Waals surface area contributed by atoms with E-state index in [4.69, 9.17) is 6.42 Å². The molecule has 1 aromatic heterocycles. The minimum atomic E-state index is -0.799. The quantitative estimate of drug-likeness (QED) is 0.387. The number of allylic oxidation sites excluding steroid dienone is 1. The molecule has 0 amide bonds. The van der Waals surface area contributed by atoms with Crippen molar-refractivity contribution in [3.05, 3.63) is 39.1 Å². The van der Waals surface area contributed by atoms with Gasteiger partial charge in [-0.1, -0.05) is 5.92 Å². The first-order valence-corrected chi connectivity index (χ1v) is 5.96. The Bertz CT molecular complexity index is 732. The van der Waals surface area contributed by atoms with Crippen LogP contribution in [0.15, 0.2) is 18.5 Å². The first-order valence-electron chi connectivity index (χ1n) is 5.18. The van der Waals surface area contributed by atoms with Crippen LogP contribution in [0.25, 0.3) is 11.6 Å². The number of nitro groups is 1. The maximum absolute atomic E-state index is 10.8. The molecule has 0 saturated heterocycles. The lowest BCUT2D eigenvalue weighted by Gasteiger charge is -2.02. The van der Waals surface area contributed by atoms with E-state index in [0.29, 0.717) is 10.6 Å². The zero-order valence-corrected chi connectivity index (χ0v) is 10.7. The van der Waals surface area contributed by atoms with Gasteiger partial charge in [0.15, 0.2) is 10.8 Å². The number of hydrogen-bond acceptors (Lipinski definition) is 7. The van der Waals surface area contributed by atoms with Crippen LogP contribution in [0.1, 0.15) is 10.6 Å². The number of benzene rings is 1. The number of rotatable bonds is 3. The molecule has 0 aliphatic carbocycles. The fourth-order valence-electron chi connectivity index (χ4n) is 1.47. The van der Waals surface area contributed by atoms with E-state index in [1.54, 1.807) is 0 Å². The lowest BCUT2D eigenvalue weighted by atomic mass is 10.1. The molecule has 7 nitrogen and oxygen atoms in total. The molecule has 0 aliphatic heterocycles. The van der Waals surface area contributed by atoms with Crippen LogP contribution in [0.3, 0.4) is 0 Å². The van der Waals surface area contributed by atoms with Gasteiger partial charge >= 0.3 is 5.69 Å². The van der Waals surface area contributed by atoms with E-state index in [2.05, 4.69) is 15.3 Å². The third kappa shape index (κ3) is 2.57. The molecule has 8 heteroatoms. The van der Waals surface area contributed by atoms with Gasteiger partial charge in [-0.15, -0.1) is 6.42 Å². The Labute approximate surface area is 117 Å². The SMILES string of the molecule is C#C/C(=C\c1cc(O)c(O)c([N+](=O)[O-])c1)c1ncns1. The highest BCUT2D eigenvalue weighted by atomic mass is 32.1. The molecule has 2 N–H and O–H groups in total. The molecule has 0 bridgehead atoms. The average Bonchev–Trinajstić information content (AvgIpc) is 2.93. The monoisotopic (exact) mass is 289 g/mol. The van der Waals surface area contributed by atoms with Crippen molar-refractivity contribution < 1.29 is 15.1 Å². The van der Waals surface area contributed by atoms with Gasteiger partial charge < -0.3 is 10.2 Å². The molecule has 1 heterocycles. The van der Waals surface area contributed by atoms with Crippen LogP contribution in [-0.2, 0) is 0 Å². The number of nitro benzene ring substituents is 1. The number of aromatic nitrogens is 2. The van der Waals surface area contributed by atoms with E-state index in [-0.39, 0.29) is 5.56 Å². The lowest BCUT2D eigenvalue weighted by Crippen LogP contribution is -1.90. The molecule has 0 saturated carbocycles. The molecule has 100 valence electrons. The van der Waals surface area contributed by atoms with Crippen molar-refractivity contribution in [2.45, 2.75) is 0 Å². The van der Waals surface area contributed by atoms with Gasteiger partial charge in [0.1, 0.15) is 6.33 Å². The van der Waals surface area contributed by atoms with Crippen molar-refractivity contribution in [2.24, 2.45) is 0 Å². The molecular formula is C12H7N3O4S. The molecule has 0 unspecified atom stereocenters. The Kier molecular flexibility index (Phi) is 3.63. The van der Waals surface area contributed by atoms with Crippen LogP contribution in [0, 0.1) is 22.5 Å². The van der Waals surface area contributed by atoms with Gasteiger partial charge in [-0.25, -0.2) is 4.98 Å². The van der Waals surface area contributed by atoms with E-state index < -0.39 is 22.1 Å². The maximum atomic E-state index is 10.8. The summed E-state index contributed by atoms with van der Waals surface area (Å²) in [6.07, 6.45) is 8.12. The average molecular weight is 289 g/mol. The van der Waals surface area contributed by atoms with Gasteiger partial charge in [-0.05, 0) is 29.2 Å². The summed E-state index contributed by atoms with van der Waals surface area (Å²) >= 11 is 1.08. The minimum Gasteiger partial charge on any atom is -0.504 e. The second-order valence-electron chi connectivity index (χ2n) is 3.61. The Balaban J connectivity index is 2.54. The Hall–Kier alpha value is -2.92. The highest BCUT2D eigenvalue weighted by molar-refractivity contribution is 7.06. The minimum absolute atomic E-state index is 0.273. The van der Waals surface area contributed by atoms with Crippen molar-refractivity contribution >= 4 is 28.9 Å². The number of hydrogen-bond donors (Lipinski definition) is 2. The van der Waals surface area contributed by atoms with Crippen molar-refractivity contribution in [3.8, 4) is 23.8 Å². The molecule has 0 aliphatic rings. The molecule has 0 atom stereocenters. The largest absolute Gasteiger partial charge is 0.504 e. The third-order valence-corrected chi connectivity index (χ3v) is 3.04. The van der Waals surface area contributed by atoms with Gasteiger partial charge in [0.05, 0.1) is 10.5 Å². The summed E-state index contributed by atoms with van der Waals surface area (Å²) in [4.78, 5) is 13.9. The van der Waals surface area contributed by atoms with E-state index in [1.807, 2.05) is 0 Å². The van der Waals surface area contributed by atoms with Gasteiger partial charge in [0.2, 0.25) is 5.75 Å². The van der Waals surface area contributed by atoms with Crippen LogP contribution >= 0.6 is 11.5 Å². The number of nitrogens with zero attached hydrogens (tertiary/aromatic N) is 3. The molecule has 0 fully saturated rings. The fourth-order valence-corrected chi connectivity index (χ4v) is 1.98. The summed E-state index contributed by atoms with van der Waals surface area (Å²) in [5.41, 5.74) is 0.0342. The van der Waals surface area contributed by atoms with Gasteiger partial charge in [-0.3, -0.25) is 10.1 Å². The smallest absolute Gasteiger partial charge is 0.315 e. The Morgan fingerprint density at radius 1 is 1.50 bits per heavy atom. The lowest BCUT2D eigenvalue weighted by molar-refractivity contribution is -0.386. The summed E-state index contributed by atoms with van der Waals surface area (Å²) in [7, 11) is 0. The molecule has 1 aromatic carbocycles. The highest BCUT2D eigenvalue weighted by Crippen LogP contribution is 2.37. The van der Waals surface area contributed by atoms with E-state index in [9.17, 15) is 20.3 Å². The molecule has 0 spiro atoms. The second kappa shape index (κ2) is 5.38. The molecule has 0 radical (unpaired) electrons. The molecule has 20 heavy (non-hydrogen) atoms. The summed E-state index contributed by atoms with van der Waals surface area (Å²) in [5, 5.41) is 30.1. The third-order valence-electron chi connectivity index (χ3n) is 2.35. The topological polar surface area (TPSA) is 109 Å². The predicted molar refractivity (Wildman–Crippen MR) is 73.0 cm³/mol. The van der Waals surface area contributed by atoms with Crippen LogP contribution < -0.4 is 0 Å². The van der Waals surface area contributed by atoms with Crippen LogP contribution in [0.5, 0.6) is 11.5 Å². The zero-order chi connectivity index (χ0) is 14.7. The van der Waals surface area contributed by atoms with Crippen molar-refractivity contribution in [1.82, 2.24) is 9.36 Å². The Morgan fingerprint density at radius 3 is 2.80 bits per heavy atom.